The first-order valence-electron chi connectivity index (χ1n) is 10.1. The van der Waals surface area contributed by atoms with Crippen LogP contribution in [-0.4, -0.2) is 32.8 Å². The monoisotopic (exact) mass is 378 g/mol. The average Bonchev–Trinajstić information content (AvgIpc) is 3.19. The molecule has 0 aliphatic carbocycles. The van der Waals surface area contributed by atoms with Crippen LogP contribution in [0.1, 0.15) is 48.1 Å². The largest absolute Gasteiger partial charge is 0.299 e. The van der Waals surface area contributed by atoms with Gasteiger partial charge in [0.1, 0.15) is 5.82 Å². The Balaban J connectivity index is 1.31. The molecule has 3 aromatic rings. The molecule has 1 saturated heterocycles. The molecule has 0 radical (unpaired) electrons. The summed E-state index contributed by atoms with van der Waals surface area (Å²) in [5.41, 5.74) is 4.22. The van der Waals surface area contributed by atoms with E-state index >= 15 is 0 Å². The molecule has 1 aliphatic heterocycles. The van der Waals surface area contributed by atoms with Gasteiger partial charge in [-0.2, -0.15) is 5.10 Å². The maximum atomic E-state index is 13.8. The molecule has 146 valence electrons. The highest BCUT2D eigenvalue weighted by Crippen LogP contribution is 2.27. The lowest BCUT2D eigenvalue weighted by atomic mass is 9.92. The number of rotatable bonds is 6. The second-order valence-corrected chi connectivity index (χ2v) is 7.61. The second kappa shape index (κ2) is 8.65. The summed E-state index contributed by atoms with van der Waals surface area (Å²) in [5.74, 6) is 0.362. The SMILES string of the molecule is CCn1cc(CN2CCC(c3ccc(Cc4ccccc4F)cn3)CC2)cn1. The number of aromatic nitrogens is 3. The summed E-state index contributed by atoms with van der Waals surface area (Å²) >= 11 is 0. The fraction of sp³-hybridized carbons (Fsp3) is 0.391. The molecule has 0 N–H and O–H groups in total. The molecular formula is C23H27FN4. The molecule has 0 saturated carbocycles. The lowest BCUT2D eigenvalue weighted by Crippen LogP contribution is -2.32. The summed E-state index contributed by atoms with van der Waals surface area (Å²) in [4.78, 5) is 7.20. The third-order valence-corrected chi connectivity index (χ3v) is 5.62. The Labute approximate surface area is 166 Å². The number of piperidine rings is 1. The van der Waals surface area contributed by atoms with E-state index in [1.807, 2.05) is 29.2 Å². The van der Waals surface area contributed by atoms with E-state index in [0.717, 1.165) is 55.8 Å². The van der Waals surface area contributed by atoms with E-state index < -0.39 is 0 Å². The normalized spacial score (nSPS) is 15.8. The minimum absolute atomic E-state index is 0.150. The minimum Gasteiger partial charge on any atom is -0.299 e. The predicted octanol–water partition coefficient (Wildman–Crippen LogP) is 4.41. The van der Waals surface area contributed by atoms with Crippen LogP contribution in [0.4, 0.5) is 4.39 Å². The zero-order chi connectivity index (χ0) is 19.3. The fourth-order valence-electron chi connectivity index (χ4n) is 3.95. The minimum atomic E-state index is -0.150. The van der Waals surface area contributed by atoms with Crippen molar-refractivity contribution in [2.24, 2.45) is 0 Å². The molecule has 2 aromatic heterocycles. The van der Waals surface area contributed by atoms with Crippen LogP contribution in [0.15, 0.2) is 55.0 Å². The van der Waals surface area contributed by atoms with Crippen LogP contribution in [-0.2, 0) is 19.5 Å². The summed E-state index contributed by atoms with van der Waals surface area (Å²) in [5, 5.41) is 4.36. The zero-order valence-corrected chi connectivity index (χ0v) is 16.4. The van der Waals surface area contributed by atoms with Crippen molar-refractivity contribution in [3.8, 4) is 0 Å². The molecule has 0 unspecified atom stereocenters. The molecular weight excluding hydrogens is 351 g/mol. The molecule has 0 amide bonds. The predicted molar refractivity (Wildman–Crippen MR) is 109 cm³/mol. The first-order chi connectivity index (χ1) is 13.7. The van der Waals surface area contributed by atoms with Crippen molar-refractivity contribution in [3.05, 3.63) is 83.2 Å². The van der Waals surface area contributed by atoms with Crippen LogP contribution in [0.25, 0.3) is 0 Å². The Kier molecular flexibility index (Phi) is 5.81. The third kappa shape index (κ3) is 4.47. The van der Waals surface area contributed by atoms with Gasteiger partial charge >= 0.3 is 0 Å². The molecule has 5 heteroatoms. The molecule has 0 atom stereocenters. The van der Waals surface area contributed by atoms with Crippen molar-refractivity contribution in [2.45, 2.75) is 45.2 Å². The van der Waals surface area contributed by atoms with E-state index in [2.05, 4.69) is 35.3 Å². The molecule has 4 nitrogen and oxygen atoms in total. The standard InChI is InChI=1S/C23H27FN4/c1-2-28-17-19(15-26-28)16-27-11-9-20(10-12-27)23-8-7-18(14-25-23)13-21-5-3-4-6-22(21)24/h3-8,14-15,17,20H,2,9-13,16H2,1H3. The molecule has 0 spiro atoms. The number of likely N-dealkylation sites (tertiary alicyclic amines) is 1. The van der Waals surface area contributed by atoms with Crippen molar-refractivity contribution in [3.63, 3.8) is 0 Å². The Bertz CT molecular complexity index is 895. The van der Waals surface area contributed by atoms with E-state index in [-0.39, 0.29) is 5.82 Å². The number of benzene rings is 1. The molecule has 4 rings (SSSR count). The smallest absolute Gasteiger partial charge is 0.126 e. The van der Waals surface area contributed by atoms with Gasteiger partial charge in [-0.3, -0.25) is 14.6 Å². The van der Waals surface area contributed by atoms with Crippen molar-refractivity contribution < 1.29 is 4.39 Å². The quantitative estimate of drug-likeness (QED) is 0.637. The molecule has 1 aromatic carbocycles. The van der Waals surface area contributed by atoms with Gasteiger partial charge in [0.2, 0.25) is 0 Å². The lowest BCUT2D eigenvalue weighted by molar-refractivity contribution is 0.203. The zero-order valence-electron chi connectivity index (χ0n) is 16.4. The molecule has 3 heterocycles. The van der Waals surface area contributed by atoms with Gasteiger partial charge in [0.25, 0.3) is 0 Å². The second-order valence-electron chi connectivity index (χ2n) is 7.61. The van der Waals surface area contributed by atoms with Crippen molar-refractivity contribution in [2.75, 3.05) is 13.1 Å². The summed E-state index contributed by atoms with van der Waals surface area (Å²) in [6.45, 7) is 6.17. The van der Waals surface area contributed by atoms with Gasteiger partial charge in [-0.25, -0.2) is 4.39 Å². The highest BCUT2D eigenvalue weighted by atomic mass is 19.1. The lowest BCUT2D eigenvalue weighted by Gasteiger charge is -2.31. The van der Waals surface area contributed by atoms with Crippen molar-refractivity contribution >= 4 is 0 Å². The number of halogens is 1. The molecule has 0 bridgehead atoms. The van der Waals surface area contributed by atoms with E-state index in [1.54, 1.807) is 6.07 Å². The highest BCUT2D eigenvalue weighted by molar-refractivity contribution is 5.27. The van der Waals surface area contributed by atoms with Gasteiger partial charge < -0.3 is 0 Å². The molecule has 1 aliphatic rings. The maximum Gasteiger partial charge on any atom is 0.126 e. The Hall–Kier alpha value is -2.53. The van der Waals surface area contributed by atoms with Gasteiger partial charge in [-0.15, -0.1) is 0 Å². The number of nitrogens with zero attached hydrogens (tertiary/aromatic N) is 4. The van der Waals surface area contributed by atoms with Crippen LogP contribution in [0.5, 0.6) is 0 Å². The topological polar surface area (TPSA) is 34.0 Å². The first kappa shape index (κ1) is 18.8. The summed E-state index contributed by atoms with van der Waals surface area (Å²) in [7, 11) is 0. The van der Waals surface area contributed by atoms with Crippen LogP contribution < -0.4 is 0 Å². The Morgan fingerprint density at radius 1 is 1.04 bits per heavy atom. The highest BCUT2D eigenvalue weighted by Gasteiger charge is 2.22. The summed E-state index contributed by atoms with van der Waals surface area (Å²) < 4.78 is 15.8. The van der Waals surface area contributed by atoms with Gasteiger partial charge in [0, 0.05) is 49.1 Å². The summed E-state index contributed by atoms with van der Waals surface area (Å²) in [6.07, 6.45) is 8.87. The maximum absolute atomic E-state index is 13.8. The van der Waals surface area contributed by atoms with E-state index in [1.165, 1.54) is 11.6 Å². The van der Waals surface area contributed by atoms with E-state index in [0.29, 0.717) is 12.3 Å². The Morgan fingerprint density at radius 3 is 2.54 bits per heavy atom. The third-order valence-electron chi connectivity index (χ3n) is 5.62. The average molecular weight is 378 g/mol. The molecule has 28 heavy (non-hydrogen) atoms. The number of aryl methyl sites for hydroxylation is 1. The van der Waals surface area contributed by atoms with Crippen molar-refractivity contribution in [1.29, 1.82) is 0 Å². The van der Waals surface area contributed by atoms with Crippen LogP contribution in [0.3, 0.4) is 0 Å². The number of hydrogen-bond acceptors (Lipinski definition) is 3. The van der Waals surface area contributed by atoms with Gasteiger partial charge in [-0.1, -0.05) is 24.3 Å². The van der Waals surface area contributed by atoms with Crippen LogP contribution >= 0.6 is 0 Å². The van der Waals surface area contributed by atoms with E-state index in [4.69, 9.17) is 4.98 Å². The van der Waals surface area contributed by atoms with Crippen LogP contribution in [0, 0.1) is 5.82 Å². The number of hydrogen-bond donors (Lipinski definition) is 0. The van der Waals surface area contributed by atoms with Gasteiger partial charge in [-0.05, 0) is 56.1 Å². The number of pyridine rings is 1. The van der Waals surface area contributed by atoms with Crippen molar-refractivity contribution in [1.82, 2.24) is 19.7 Å². The fourth-order valence-corrected chi connectivity index (χ4v) is 3.95. The van der Waals surface area contributed by atoms with Gasteiger partial charge in [0.05, 0.1) is 6.20 Å². The van der Waals surface area contributed by atoms with Gasteiger partial charge in [0.15, 0.2) is 0 Å². The van der Waals surface area contributed by atoms with E-state index in [9.17, 15) is 4.39 Å². The first-order valence-corrected chi connectivity index (χ1v) is 10.1. The van der Waals surface area contributed by atoms with Crippen LogP contribution in [0.2, 0.25) is 0 Å². The molecule has 1 fully saturated rings. The summed E-state index contributed by atoms with van der Waals surface area (Å²) in [6, 6.07) is 11.2. The Morgan fingerprint density at radius 2 is 1.86 bits per heavy atom.